The molecule has 4 nitrogen and oxygen atoms in total. The van der Waals surface area contributed by atoms with Gasteiger partial charge in [0.25, 0.3) is 11.1 Å². The lowest BCUT2D eigenvalue weighted by atomic mass is 10.2. The summed E-state index contributed by atoms with van der Waals surface area (Å²) in [4.78, 5) is 26.9. The summed E-state index contributed by atoms with van der Waals surface area (Å²) in [6, 6.07) is 16.3. The summed E-state index contributed by atoms with van der Waals surface area (Å²) in [5.74, 6) is -0.349. The first-order valence-corrected chi connectivity index (χ1v) is 10.4. The van der Waals surface area contributed by atoms with Crippen molar-refractivity contribution in [1.29, 1.82) is 0 Å². The van der Waals surface area contributed by atoms with Gasteiger partial charge in [0.05, 0.1) is 10.6 Å². The second-order valence-corrected chi connectivity index (χ2v) is 8.50. The van der Waals surface area contributed by atoms with Gasteiger partial charge in [0, 0.05) is 27.1 Å². The number of carbonyl (C=O) groups is 2. The maximum atomic E-state index is 12.9. The minimum atomic E-state index is -0.349. The minimum absolute atomic E-state index is 0.338. The Kier molecular flexibility index (Phi) is 5.30. The van der Waals surface area contributed by atoms with E-state index in [-0.39, 0.29) is 11.1 Å². The first kappa shape index (κ1) is 19.8. The molecule has 3 aromatic rings. The number of aryl methyl sites for hydroxylation is 1. The summed E-state index contributed by atoms with van der Waals surface area (Å²) in [6.07, 6.45) is 1.77. The maximum absolute atomic E-state index is 12.9. The standard InChI is InChI=1S/C22H16Cl2N2O2S/c1-13-10-15(14(2)25(13)18-8-6-16(23)7-9-18)11-20-21(27)26(22(28)29-20)19-5-3-4-17(24)12-19/h3-12H,1-2H3/b20-11-. The van der Waals surface area contributed by atoms with Gasteiger partial charge in [0.15, 0.2) is 0 Å². The van der Waals surface area contributed by atoms with E-state index >= 15 is 0 Å². The van der Waals surface area contributed by atoms with Crippen molar-refractivity contribution in [2.75, 3.05) is 4.90 Å². The number of anilines is 1. The van der Waals surface area contributed by atoms with Crippen LogP contribution in [0, 0.1) is 13.8 Å². The van der Waals surface area contributed by atoms with Gasteiger partial charge < -0.3 is 4.57 Å². The van der Waals surface area contributed by atoms with Gasteiger partial charge in [-0.25, -0.2) is 4.90 Å². The number of carbonyl (C=O) groups excluding carboxylic acids is 2. The van der Waals surface area contributed by atoms with Crippen molar-refractivity contribution in [2.45, 2.75) is 13.8 Å². The topological polar surface area (TPSA) is 42.3 Å². The number of halogens is 2. The molecule has 0 aliphatic carbocycles. The van der Waals surface area contributed by atoms with Crippen LogP contribution in [-0.2, 0) is 4.79 Å². The molecule has 0 spiro atoms. The van der Waals surface area contributed by atoms with Crippen molar-refractivity contribution < 1.29 is 9.59 Å². The van der Waals surface area contributed by atoms with Crippen LogP contribution in [-0.4, -0.2) is 15.7 Å². The van der Waals surface area contributed by atoms with Gasteiger partial charge in [-0.2, -0.15) is 0 Å². The first-order valence-electron chi connectivity index (χ1n) is 8.83. The second kappa shape index (κ2) is 7.75. The highest BCUT2D eigenvalue weighted by Gasteiger charge is 2.36. The van der Waals surface area contributed by atoms with Crippen LogP contribution >= 0.6 is 35.0 Å². The van der Waals surface area contributed by atoms with E-state index in [9.17, 15) is 9.59 Å². The number of hydrogen-bond acceptors (Lipinski definition) is 3. The Labute approximate surface area is 182 Å². The predicted octanol–water partition coefficient (Wildman–Crippen LogP) is 6.64. The van der Waals surface area contributed by atoms with Gasteiger partial charge in [-0.3, -0.25) is 9.59 Å². The molecule has 1 aliphatic heterocycles. The van der Waals surface area contributed by atoms with Gasteiger partial charge in [0.1, 0.15) is 0 Å². The smallest absolute Gasteiger partial charge is 0.298 e. The largest absolute Gasteiger partial charge is 0.318 e. The van der Waals surface area contributed by atoms with E-state index in [1.807, 2.05) is 44.2 Å². The van der Waals surface area contributed by atoms with Gasteiger partial charge in [0.2, 0.25) is 0 Å². The fourth-order valence-corrected chi connectivity index (χ4v) is 4.51. The predicted molar refractivity (Wildman–Crippen MR) is 120 cm³/mol. The summed E-state index contributed by atoms with van der Waals surface area (Å²) in [5, 5.41) is 0.804. The number of imide groups is 1. The Morgan fingerprint density at radius 1 is 0.897 bits per heavy atom. The SMILES string of the molecule is Cc1cc(/C=C2\SC(=O)N(c3cccc(Cl)c3)C2=O)c(C)n1-c1ccc(Cl)cc1. The zero-order chi connectivity index (χ0) is 20.7. The van der Waals surface area contributed by atoms with Gasteiger partial charge in [-0.1, -0.05) is 29.3 Å². The van der Waals surface area contributed by atoms with E-state index in [4.69, 9.17) is 23.2 Å². The van der Waals surface area contributed by atoms with Crippen molar-refractivity contribution in [3.63, 3.8) is 0 Å². The number of rotatable bonds is 3. The Balaban J connectivity index is 1.70. The molecule has 7 heteroatoms. The minimum Gasteiger partial charge on any atom is -0.318 e. The van der Waals surface area contributed by atoms with Crippen LogP contribution in [0.2, 0.25) is 10.0 Å². The molecule has 0 saturated carbocycles. The molecule has 2 heterocycles. The molecule has 0 unspecified atom stereocenters. The van der Waals surface area contributed by atoms with Crippen LogP contribution in [0.1, 0.15) is 17.0 Å². The van der Waals surface area contributed by atoms with Crippen LogP contribution in [0.5, 0.6) is 0 Å². The summed E-state index contributed by atoms with van der Waals surface area (Å²) < 4.78 is 2.09. The molecule has 1 saturated heterocycles. The molecule has 0 atom stereocenters. The average Bonchev–Trinajstić information content (AvgIpc) is 3.11. The lowest BCUT2D eigenvalue weighted by Gasteiger charge is -2.12. The lowest BCUT2D eigenvalue weighted by Crippen LogP contribution is -2.27. The Hall–Kier alpha value is -2.47. The number of thioether (sulfide) groups is 1. The van der Waals surface area contributed by atoms with E-state index in [1.54, 1.807) is 30.3 Å². The maximum Gasteiger partial charge on any atom is 0.298 e. The van der Waals surface area contributed by atoms with Crippen molar-refractivity contribution >= 4 is 57.9 Å². The van der Waals surface area contributed by atoms with Crippen molar-refractivity contribution in [3.8, 4) is 5.69 Å². The monoisotopic (exact) mass is 442 g/mol. The molecular formula is C22H16Cl2N2O2S. The van der Waals surface area contributed by atoms with Crippen LogP contribution in [0.25, 0.3) is 11.8 Å². The zero-order valence-electron chi connectivity index (χ0n) is 15.6. The molecule has 146 valence electrons. The average molecular weight is 443 g/mol. The summed E-state index contributed by atoms with van der Waals surface area (Å²) >= 11 is 12.9. The molecule has 29 heavy (non-hydrogen) atoms. The fourth-order valence-electron chi connectivity index (χ4n) is 3.37. The Morgan fingerprint density at radius 2 is 1.62 bits per heavy atom. The molecule has 4 rings (SSSR count). The Bertz CT molecular complexity index is 1170. The molecule has 0 bridgehead atoms. The summed E-state index contributed by atoms with van der Waals surface area (Å²) in [5.41, 5.74) is 4.32. The van der Waals surface area contributed by atoms with E-state index in [2.05, 4.69) is 4.57 Å². The highest BCUT2D eigenvalue weighted by Crippen LogP contribution is 2.37. The van der Waals surface area contributed by atoms with Crippen molar-refractivity contribution in [3.05, 3.63) is 86.5 Å². The summed E-state index contributed by atoms with van der Waals surface area (Å²) in [6.45, 7) is 3.98. The van der Waals surface area contributed by atoms with E-state index in [1.165, 1.54) is 0 Å². The molecule has 2 aromatic carbocycles. The Morgan fingerprint density at radius 3 is 2.31 bits per heavy atom. The van der Waals surface area contributed by atoms with Gasteiger partial charge in [-0.15, -0.1) is 0 Å². The molecule has 0 N–H and O–H groups in total. The van der Waals surface area contributed by atoms with E-state index in [0.717, 1.165) is 39.3 Å². The number of hydrogen-bond donors (Lipinski definition) is 0. The molecule has 1 aromatic heterocycles. The van der Waals surface area contributed by atoms with Crippen LogP contribution in [0.3, 0.4) is 0 Å². The number of nitrogens with zero attached hydrogens (tertiary/aromatic N) is 2. The normalized spacial score (nSPS) is 15.6. The highest BCUT2D eigenvalue weighted by molar-refractivity contribution is 8.19. The van der Waals surface area contributed by atoms with Crippen molar-refractivity contribution in [2.24, 2.45) is 0 Å². The third-order valence-electron chi connectivity index (χ3n) is 4.70. The van der Waals surface area contributed by atoms with Crippen molar-refractivity contribution in [1.82, 2.24) is 4.57 Å². The molecule has 0 radical (unpaired) electrons. The van der Waals surface area contributed by atoms with Gasteiger partial charge >= 0.3 is 0 Å². The highest BCUT2D eigenvalue weighted by atomic mass is 35.5. The van der Waals surface area contributed by atoms with E-state index in [0.29, 0.717) is 20.6 Å². The second-order valence-electron chi connectivity index (χ2n) is 6.64. The molecule has 1 fully saturated rings. The van der Waals surface area contributed by atoms with E-state index < -0.39 is 0 Å². The number of amides is 2. The van der Waals surface area contributed by atoms with Crippen LogP contribution < -0.4 is 4.90 Å². The van der Waals surface area contributed by atoms with Crippen LogP contribution in [0.4, 0.5) is 10.5 Å². The number of benzene rings is 2. The quantitative estimate of drug-likeness (QED) is 0.426. The molecule has 2 amide bonds. The lowest BCUT2D eigenvalue weighted by molar-refractivity contribution is -0.113. The first-order chi connectivity index (χ1) is 13.8. The third-order valence-corrected chi connectivity index (χ3v) is 6.06. The summed E-state index contributed by atoms with van der Waals surface area (Å²) in [7, 11) is 0. The third kappa shape index (κ3) is 3.73. The van der Waals surface area contributed by atoms with Gasteiger partial charge in [-0.05, 0) is 85.8 Å². The fraction of sp³-hybridized carbons (Fsp3) is 0.0909. The van der Waals surface area contributed by atoms with Crippen LogP contribution in [0.15, 0.2) is 59.5 Å². The molecule has 1 aliphatic rings. The zero-order valence-corrected chi connectivity index (χ0v) is 18.0. The molecular weight excluding hydrogens is 427 g/mol. The number of aromatic nitrogens is 1.